The van der Waals surface area contributed by atoms with Crippen LogP contribution >= 0.6 is 0 Å². The molecule has 2 aliphatic rings. The van der Waals surface area contributed by atoms with Crippen LogP contribution in [0, 0.1) is 0 Å². The predicted molar refractivity (Wildman–Crippen MR) is 138 cm³/mol. The van der Waals surface area contributed by atoms with Gasteiger partial charge in [-0.3, -0.25) is 14.7 Å². The first kappa shape index (κ1) is 24.6. The van der Waals surface area contributed by atoms with Crippen LogP contribution in [0.15, 0.2) is 54.6 Å². The van der Waals surface area contributed by atoms with E-state index in [1.807, 2.05) is 0 Å². The Morgan fingerprint density at radius 3 is 2.12 bits per heavy atom. The van der Waals surface area contributed by atoms with Crippen molar-refractivity contribution in [3.63, 3.8) is 0 Å². The Morgan fingerprint density at radius 1 is 0.882 bits per heavy atom. The molecule has 0 bridgehead atoms. The summed E-state index contributed by atoms with van der Waals surface area (Å²) in [5, 5.41) is 0. The van der Waals surface area contributed by atoms with Crippen molar-refractivity contribution in [2.45, 2.75) is 58.4 Å². The first-order valence-electron chi connectivity index (χ1n) is 12.6. The minimum absolute atomic E-state index is 0.331. The minimum Gasteiger partial charge on any atom is -0.466 e. The van der Waals surface area contributed by atoms with Crippen LogP contribution in [0.4, 0.5) is 0 Å². The van der Waals surface area contributed by atoms with Gasteiger partial charge in [-0.1, -0.05) is 48.5 Å². The quantitative estimate of drug-likeness (QED) is 0.425. The van der Waals surface area contributed by atoms with Crippen LogP contribution in [0.2, 0.25) is 0 Å². The second kappa shape index (κ2) is 11.8. The van der Waals surface area contributed by atoms with Crippen LogP contribution in [-0.4, -0.2) is 66.0 Å². The molecule has 0 amide bonds. The SMILES string of the molecule is COC(=O)C=Cc1ccc(CN2[C@H](C)CN(Cc3cccc(CN4CCCC4)c3)C[C@@H]2C)cc1. The number of ether oxygens (including phenoxy) is 1. The zero-order valence-electron chi connectivity index (χ0n) is 21.0. The van der Waals surface area contributed by atoms with Crippen molar-refractivity contribution >= 4 is 12.0 Å². The molecular formula is C29H39N3O2. The summed E-state index contributed by atoms with van der Waals surface area (Å²) in [6.45, 7) is 12.4. The number of esters is 1. The number of methoxy groups -OCH3 is 1. The maximum absolute atomic E-state index is 11.3. The molecule has 0 unspecified atom stereocenters. The van der Waals surface area contributed by atoms with Gasteiger partial charge in [-0.05, 0) is 68.1 Å². The molecule has 5 nitrogen and oxygen atoms in total. The summed E-state index contributed by atoms with van der Waals surface area (Å²) in [5.41, 5.74) is 5.19. The lowest BCUT2D eigenvalue weighted by Gasteiger charge is -2.44. The summed E-state index contributed by atoms with van der Waals surface area (Å²) in [6, 6.07) is 18.6. The van der Waals surface area contributed by atoms with E-state index < -0.39 is 0 Å². The Bertz CT molecular complexity index is 954. The van der Waals surface area contributed by atoms with Crippen molar-refractivity contribution < 1.29 is 9.53 Å². The highest BCUT2D eigenvalue weighted by Gasteiger charge is 2.29. The fourth-order valence-corrected chi connectivity index (χ4v) is 5.37. The third-order valence-electron chi connectivity index (χ3n) is 7.14. The van der Waals surface area contributed by atoms with Crippen molar-refractivity contribution in [1.29, 1.82) is 0 Å². The zero-order chi connectivity index (χ0) is 23.9. The van der Waals surface area contributed by atoms with Gasteiger partial charge in [0, 0.05) is 50.9 Å². The molecule has 2 fully saturated rings. The van der Waals surface area contributed by atoms with Gasteiger partial charge in [0.1, 0.15) is 0 Å². The molecule has 2 aliphatic heterocycles. The van der Waals surface area contributed by atoms with Crippen LogP contribution < -0.4 is 0 Å². The van der Waals surface area contributed by atoms with Crippen LogP contribution in [0.25, 0.3) is 6.08 Å². The lowest BCUT2D eigenvalue weighted by Crippen LogP contribution is -2.55. The smallest absolute Gasteiger partial charge is 0.330 e. The van der Waals surface area contributed by atoms with Crippen LogP contribution in [0.3, 0.4) is 0 Å². The predicted octanol–water partition coefficient (Wildman–Crippen LogP) is 4.56. The summed E-state index contributed by atoms with van der Waals surface area (Å²) >= 11 is 0. The number of carbonyl (C=O) groups is 1. The number of nitrogens with zero attached hydrogens (tertiary/aromatic N) is 3. The molecule has 0 radical (unpaired) electrons. The van der Waals surface area contributed by atoms with Gasteiger partial charge >= 0.3 is 5.97 Å². The molecule has 0 aliphatic carbocycles. The molecule has 2 aromatic carbocycles. The number of carbonyl (C=O) groups excluding carboxylic acids is 1. The molecule has 5 heteroatoms. The van der Waals surface area contributed by atoms with E-state index in [2.05, 4.69) is 81.8 Å². The van der Waals surface area contributed by atoms with Crippen LogP contribution in [0.1, 0.15) is 48.9 Å². The van der Waals surface area contributed by atoms with E-state index in [0.29, 0.717) is 12.1 Å². The van der Waals surface area contributed by atoms with Crippen molar-refractivity contribution in [3.05, 3.63) is 76.9 Å². The van der Waals surface area contributed by atoms with Crippen LogP contribution in [0.5, 0.6) is 0 Å². The average Bonchev–Trinajstić information content (AvgIpc) is 3.34. The number of benzene rings is 2. The van der Waals surface area contributed by atoms with Gasteiger partial charge in [0.2, 0.25) is 0 Å². The highest BCUT2D eigenvalue weighted by atomic mass is 16.5. The van der Waals surface area contributed by atoms with Crippen molar-refractivity contribution in [3.8, 4) is 0 Å². The zero-order valence-corrected chi connectivity index (χ0v) is 21.0. The van der Waals surface area contributed by atoms with Gasteiger partial charge in [0.25, 0.3) is 0 Å². The first-order chi connectivity index (χ1) is 16.5. The number of likely N-dealkylation sites (tertiary alicyclic amines) is 1. The topological polar surface area (TPSA) is 36.0 Å². The molecule has 0 saturated carbocycles. The molecule has 0 spiro atoms. The molecule has 2 heterocycles. The van der Waals surface area contributed by atoms with E-state index in [4.69, 9.17) is 0 Å². The maximum atomic E-state index is 11.3. The lowest BCUT2D eigenvalue weighted by atomic mass is 10.0. The summed E-state index contributed by atoms with van der Waals surface area (Å²) in [5.74, 6) is -0.331. The second-order valence-corrected chi connectivity index (χ2v) is 9.97. The monoisotopic (exact) mass is 461 g/mol. The van der Waals surface area contributed by atoms with E-state index in [1.54, 1.807) is 6.08 Å². The molecule has 0 N–H and O–H groups in total. The second-order valence-electron chi connectivity index (χ2n) is 9.97. The highest BCUT2D eigenvalue weighted by molar-refractivity contribution is 5.86. The van der Waals surface area contributed by atoms with E-state index >= 15 is 0 Å². The van der Waals surface area contributed by atoms with Gasteiger partial charge in [-0.25, -0.2) is 4.79 Å². The normalized spacial score (nSPS) is 22.4. The molecule has 4 rings (SSSR count). The van der Waals surface area contributed by atoms with Gasteiger partial charge in [-0.2, -0.15) is 0 Å². The largest absolute Gasteiger partial charge is 0.466 e. The average molecular weight is 462 g/mol. The molecule has 2 atom stereocenters. The van der Waals surface area contributed by atoms with Gasteiger partial charge < -0.3 is 4.74 Å². The Hall–Kier alpha value is -2.47. The maximum Gasteiger partial charge on any atom is 0.330 e. The van der Waals surface area contributed by atoms with Gasteiger partial charge in [0.15, 0.2) is 0 Å². The summed E-state index contributed by atoms with van der Waals surface area (Å²) in [7, 11) is 1.39. The Morgan fingerprint density at radius 2 is 1.50 bits per heavy atom. The Balaban J connectivity index is 1.31. The van der Waals surface area contributed by atoms with Crippen molar-refractivity contribution in [2.75, 3.05) is 33.3 Å². The summed E-state index contributed by atoms with van der Waals surface area (Å²) < 4.78 is 4.66. The molecule has 2 aromatic rings. The van der Waals surface area contributed by atoms with E-state index in [0.717, 1.165) is 38.3 Å². The van der Waals surface area contributed by atoms with Crippen molar-refractivity contribution in [1.82, 2.24) is 14.7 Å². The molecule has 182 valence electrons. The fourth-order valence-electron chi connectivity index (χ4n) is 5.37. The number of hydrogen-bond acceptors (Lipinski definition) is 5. The van der Waals surface area contributed by atoms with Crippen molar-refractivity contribution in [2.24, 2.45) is 0 Å². The molecular weight excluding hydrogens is 422 g/mol. The Kier molecular flexibility index (Phi) is 8.54. The molecule has 2 saturated heterocycles. The number of piperazine rings is 1. The number of rotatable bonds is 8. The summed E-state index contributed by atoms with van der Waals surface area (Å²) in [6.07, 6.45) is 5.94. The minimum atomic E-state index is -0.331. The standard InChI is InChI=1S/C29H39N3O2/c1-23-18-31(21-28-8-6-7-27(17-28)20-30-15-4-5-16-30)19-24(2)32(23)22-26-11-9-25(10-12-26)13-14-29(33)34-3/h6-14,17,23-24H,4-5,15-16,18-22H2,1-3H3/t23-,24+. The van der Waals surface area contributed by atoms with Gasteiger partial charge in [0.05, 0.1) is 7.11 Å². The third-order valence-corrected chi connectivity index (χ3v) is 7.14. The highest BCUT2D eigenvalue weighted by Crippen LogP contribution is 2.22. The third kappa shape index (κ3) is 6.78. The molecule has 34 heavy (non-hydrogen) atoms. The van der Waals surface area contributed by atoms with Gasteiger partial charge in [-0.15, -0.1) is 0 Å². The van der Waals surface area contributed by atoms with E-state index in [9.17, 15) is 4.79 Å². The summed E-state index contributed by atoms with van der Waals surface area (Å²) in [4.78, 5) is 19.1. The van der Waals surface area contributed by atoms with E-state index in [1.165, 1.54) is 55.8 Å². The number of hydrogen-bond donors (Lipinski definition) is 0. The first-order valence-corrected chi connectivity index (χ1v) is 12.6. The lowest BCUT2D eigenvalue weighted by molar-refractivity contribution is -0.134. The van der Waals surface area contributed by atoms with Crippen LogP contribution in [-0.2, 0) is 29.2 Å². The van der Waals surface area contributed by atoms with E-state index in [-0.39, 0.29) is 5.97 Å². The molecule has 0 aromatic heterocycles. The Labute approximate surface area is 205 Å². The fraction of sp³-hybridized carbons (Fsp3) is 0.483.